The van der Waals surface area contributed by atoms with Crippen molar-refractivity contribution in [1.82, 2.24) is 5.43 Å². The molecule has 136 valence electrons. The SMILES string of the molecule is C/C(CC(=O)Nc1ccc(C(C)C)cc1)=N\NC(=O)c1cccc(Br)c1. The number of benzene rings is 2. The molecular formula is C20H22BrN3O2. The molecule has 0 saturated carbocycles. The summed E-state index contributed by atoms with van der Waals surface area (Å²) < 4.78 is 0.814. The summed E-state index contributed by atoms with van der Waals surface area (Å²) in [6, 6.07) is 14.8. The lowest BCUT2D eigenvalue weighted by atomic mass is 10.0. The summed E-state index contributed by atoms with van der Waals surface area (Å²) in [7, 11) is 0. The maximum absolute atomic E-state index is 12.1. The molecule has 0 radical (unpaired) electrons. The zero-order chi connectivity index (χ0) is 19.1. The number of carbonyl (C=O) groups is 2. The van der Waals surface area contributed by atoms with Gasteiger partial charge in [0.1, 0.15) is 0 Å². The first-order valence-corrected chi connectivity index (χ1v) is 9.13. The number of anilines is 1. The molecule has 26 heavy (non-hydrogen) atoms. The molecule has 0 saturated heterocycles. The average molecular weight is 416 g/mol. The van der Waals surface area contributed by atoms with Crippen molar-refractivity contribution in [2.45, 2.75) is 33.1 Å². The van der Waals surface area contributed by atoms with Crippen LogP contribution in [0.5, 0.6) is 0 Å². The van der Waals surface area contributed by atoms with Crippen molar-refractivity contribution in [3.05, 3.63) is 64.1 Å². The average Bonchev–Trinajstić information content (AvgIpc) is 2.60. The Morgan fingerprint density at radius 1 is 1.12 bits per heavy atom. The first-order chi connectivity index (χ1) is 12.3. The number of carbonyl (C=O) groups excluding carboxylic acids is 2. The van der Waals surface area contributed by atoms with Gasteiger partial charge in [0, 0.05) is 21.4 Å². The van der Waals surface area contributed by atoms with Crippen LogP contribution in [0.25, 0.3) is 0 Å². The summed E-state index contributed by atoms with van der Waals surface area (Å²) in [6.07, 6.45) is 0.102. The highest BCUT2D eigenvalue weighted by Crippen LogP contribution is 2.17. The van der Waals surface area contributed by atoms with Crippen molar-refractivity contribution < 1.29 is 9.59 Å². The Hall–Kier alpha value is -2.47. The van der Waals surface area contributed by atoms with Crippen molar-refractivity contribution in [3.63, 3.8) is 0 Å². The van der Waals surface area contributed by atoms with E-state index in [2.05, 4.69) is 45.6 Å². The first kappa shape index (κ1) is 19.8. The quantitative estimate of drug-likeness (QED) is 0.529. The largest absolute Gasteiger partial charge is 0.326 e. The molecule has 2 N–H and O–H groups in total. The van der Waals surface area contributed by atoms with Crippen LogP contribution in [-0.4, -0.2) is 17.5 Å². The Kier molecular flexibility index (Phi) is 7.09. The smallest absolute Gasteiger partial charge is 0.271 e. The first-order valence-electron chi connectivity index (χ1n) is 8.34. The van der Waals surface area contributed by atoms with E-state index < -0.39 is 0 Å². The molecule has 2 aromatic carbocycles. The Bertz CT molecular complexity index is 814. The molecule has 0 spiro atoms. The molecule has 2 aromatic rings. The van der Waals surface area contributed by atoms with E-state index >= 15 is 0 Å². The summed E-state index contributed by atoms with van der Waals surface area (Å²) in [5, 5.41) is 6.82. The van der Waals surface area contributed by atoms with Crippen LogP contribution in [-0.2, 0) is 4.79 Å². The van der Waals surface area contributed by atoms with Crippen LogP contribution in [0.15, 0.2) is 58.1 Å². The van der Waals surface area contributed by atoms with E-state index in [1.165, 1.54) is 5.56 Å². The second kappa shape index (κ2) is 9.29. The Balaban J connectivity index is 1.87. The Labute approximate surface area is 162 Å². The van der Waals surface area contributed by atoms with Gasteiger partial charge in [0.15, 0.2) is 0 Å². The van der Waals surface area contributed by atoms with E-state index in [9.17, 15) is 9.59 Å². The maximum atomic E-state index is 12.1. The van der Waals surface area contributed by atoms with Gasteiger partial charge in [0.05, 0.1) is 6.42 Å². The normalized spacial score (nSPS) is 11.3. The summed E-state index contributed by atoms with van der Waals surface area (Å²) in [5.74, 6) is -0.0569. The van der Waals surface area contributed by atoms with Crippen LogP contribution >= 0.6 is 15.9 Å². The van der Waals surface area contributed by atoms with Gasteiger partial charge in [-0.25, -0.2) is 5.43 Å². The van der Waals surface area contributed by atoms with Gasteiger partial charge in [-0.05, 0) is 48.7 Å². The maximum Gasteiger partial charge on any atom is 0.271 e. The van der Waals surface area contributed by atoms with E-state index in [1.54, 1.807) is 25.1 Å². The predicted octanol–water partition coefficient (Wildman–Crippen LogP) is 4.71. The van der Waals surface area contributed by atoms with Gasteiger partial charge in [-0.1, -0.05) is 48.0 Å². The van der Waals surface area contributed by atoms with E-state index in [-0.39, 0.29) is 18.2 Å². The molecule has 2 rings (SSSR count). The third kappa shape index (κ3) is 6.11. The minimum atomic E-state index is -0.324. The zero-order valence-corrected chi connectivity index (χ0v) is 16.6. The molecule has 0 aliphatic carbocycles. The zero-order valence-electron chi connectivity index (χ0n) is 15.0. The van der Waals surface area contributed by atoms with E-state index in [1.807, 2.05) is 30.3 Å². The number of halogens is 1. The van der Waals surface area contributed by atoms with Gasteiger partial charge in [-0.3, -0.25) is 9.59 Å². The van der Waals surface area contributed by atoms with E-state index in [0.717, 1.165) is 10.2 Å². The number of nitrogens with one attached hydrogen (secondary N) is 2. The number of nitrogens with zero attached hydrogens (tertiary/aromatic N) is 1. The molecule has 6 heteroatoms. The van der Waals surface area contributed by atoms with Crippen LogP contribution < -0.4 is 10.7 Å². The number of hydrogen-bond acceptors (Lipinski definition) is 3. The van der Waals surface area contributed by atoms with Crippen molar-refractivity contribution in [2.24, 2.45) is 5.10 Å². The van der Waals surface area contributed by atoms with Crippen molar-refractivity contribution >= 4 is 39.1 Å². The van der Waals surface area contributed by atoms with Crippen LogP contribution in [0, 0.1) is 0 Å². The lowest BCUT2D eigenvalue weighted by Crippen LogP contribution is -2.21. The summed E-state index contributed by atoms with van der Waals surface area (Å²) in [6.45, 7) is 5.94. The van der Waals surface area contributed by atoms with Crippen LogP contribution in [0.2, 0.25) is 0 Å². The fourth-order valence-corrected chi connectivity index (χ4v) is 2.67. The molecule has 0 bridgehead atoms. The Morgan fingerprint density at radius 3 is 2.42 bits per heavy atom. The molecular weight excluding hydrogens is 394 g/mol. The van der Waals surface area contributed by atoms with Gasteiger partial charge in [0.25, 0.3) is 5.91 Å². The van der Waals surface area contributed by atoms with E-state index in [4.69, 9.17) is 0 Å². The van der Waals surface area contributed by atoms with Crippen molar-refractivity contribution in [3.8, 4) is 0 Å². The second-order valence-corrected chi connectivity index (χ2v) is 7.22. The number of amides is 2. The second-order valence-electron chi connectivity index (χ2n) is 6.30. The lowest BCUT2D eigenvalue weighted by molar-refractivity contribution is -0.115. The molecule has 0 aliphatic rings. The lowest BCUT2D eigenvalue weighted by Gasteiger charge is -2.08. The fraction of sp³-hybridized carbons (Fsp3) is 0.250. The monoisotopic (exact) mass is 415 g/mol. The molecule has 0 heterocycles. The molecule has 0 aromatic heterocycles. The van der Waals surface area contributed by atoms with Gasteiger partial charge in [-0.2, -0.15) is 5.10 Å². The third-order valence-electron chi connectivity index (χ3n) is 3.71. The molecule has 2 amide bonds. The van der Waals surface area contributed by atoms with Crippen LogP contribution in [0.3, 0.4) is 0 Å². The van der Waals surface area contributed by atoms with Gasteiger partial charge in [-0.15, -0.1) is 0 Å². The summed E-state index contributed by atoms with van der Waals surface area (Å²) in [5.41, 5.74) is 5.43. The summed E-state index contributed by atoms with van der Waals surface area (Å²) >= 11 is 3.32. The standard InChI is InChI=1S/C20H22BrN3O2/c1-13(2)15-7-9-18(10-8-15)22-19(25)11-14(3)23-24-20(26)16-5-4-6-17(21)12-16/h4-10,12-13H,11H2,1-3H3,(H,22,25)(H,24,26)/b23-14+. The molecule has 0 atom stereocenters. The highest BCUT2D eigenvalue weighted by atomic mass is 79.9. The molecule has 0 unspecified atom stereocenters. The molecule has 0 fully saturated rings. The summed E-state index contributed by atoms with van der Waals surface area (Å²) in [4.78, 5) is 24.1. The van der Waals surface area contributed by atoms with Crippen LogP contribution in [0.1, 0.15) is 49.0 Å². The minimum Gasteiger partial charge on any atom is -0.326 e. The van der Waals surface area contributed by atoms with Crippen molar-refractivity contribution in [1.29, 1.82) is 0 Å². The topological polar surface area (TPSA) is 70.6 Å². The van der Waals surface area contributed by atoms with Gasteiger partial charge < -0.3 is 5.32 Å². The number of hydrogen-bond donors (Lipinski definition) is 2. The highest BCUT2D eigenvalue weighted by Gasteiger charge is 2.08. The highest BCUT2D eigenvalue weighted by molar-refractivity contribution is 9.10. The number of rotatable bonds is 6. The number of hydrazone groups is 1. The fourth-order valence-electron chi connectivity index (χ4n) is 2.27. The van der Waals surface area contributed by atoms with Crippen LogP contribution in [0.4, 0.5) is 5.69 Å². The Morgan fingerprint density at radius 2 is 1.81 bits per heavy atom. The van der Waals surface area contributed by atoms with Gasteiger partial charge in [0.2, 0.25) is 5.91 Å². The van der Waals surface area contributed by atoms with Gasteiger partial charge >= 0.3 is 0 Å². The molecule has 5 nitrogen and oxygen atoms in total. The van der Waals surface area contributed by atoms with E-state index in [0.29, 0.717) is 17.2 Å². The predicted molar refractivity (Wildman–Crippen MR) is 108 cm³/mol. The molecule has 0 aliphatic heterocycles. The van der Waals surface area contributed by atoms with Crippen molar-refractivity contribution in [2.75, 3.05) is 5.32 Å². The third-order valence-corrected chi connectivity index (χ3v) is 4.21. The minimum absolute atomic E-state index is 0.102.